The van der Waals surface area contributed by atoms with Gasteiger partial charge < -0.3 is 21.1 Å². The summed E-state index contributed by atoms with van der Waals surface area (Å²) < 4.78 is 5.00. The predicted molar refractivity (Wildman–Crippen MR) is 78.4 cm³/mol. The highest BCUT2D eigenvalue weighted by atomic mass is 35.5. The van der Waals surface area contributed by atoms with Crippen molar-refractivity contribution in [2.45, 2.75) is 39.2 Å². The number of halogens is 1. The van der Waals surface area contributed by atoms with Crippen molar-refractivity contribution in [1.82, 2.24) is 4.90 Å². The van der Waals surface area contributed by atoms with Gasteiger partial charge in [-0.2, -0.15) is 4.99 Å². The molecule has 5 N–H and O–H groups in total. The van der Waals surface area contributed by atoms with Gasteiger partial charge in [-0.15, -0.1) is 12.4 Å². The van der Waals surface area contributed by atoms with Crippen LogP contribution in [0.3, 0.4) is 0 Å². The van der Waals surface area contributed by atoms with Crippen LogP contribution in [0.1, 0.15) is 33.1 Å². The molecule has 0 rings (SSSR count). The average Bonchev–Trinajstić information content (AvgIpc) is 2.24. The third-order valence-corrected chi connectivity index (χ3v) is 2.62. The summed E-state index contributed by atoms with van der Waals surface area (Å²) in [6, 6.07) is 0.292. The maximum absolute atomic E-state index is 7.09. The van der Waals surface area contributed by atoms with Gasteiger partial charge in [0.05, 0.1) is 0 Å². The van der Waals surface area contributed by atoms with Gasteiger partial charge in [-0.3, -0.25) is 5.41 Å². The van der Waals surface area contributed by atoms with Crippen molar-refractivity contribution in [2.24, 2.45) is 16.5 Å². The van der Waals surface area contributed by atoms with Gasteiger partial charge in [-0.05, 0) is 33.1 Å². The summed E-state index contributed by atoms with van der Waals surface area (Å²) in [4.78, 5) is 5.72. The van der Waals surface area contributed by atoms with E-state index in [9.17, 15) is 0 Å². The van der Waals surface area contributed by atoms with Crippen LogP contribution < -0.4 is 11.5 Å². The van der Waals surface area contributed by atoms with Crippen LogP contribution >= 0.6 is 12.4 Å². The molecule has 0 aromatic heterocycles. The smallest absolute Gasteiger partial charge is 0.215 e. The normalized spacial score (nSPS) is 12.7. The van der Waals surface area contributed by atoms with Gasteiger partial charge >= 0.3 is 0 Å². The van der Waals surface area contributed by atoms with E-state index in [0.29, 0.717) is 12.0 Å². The summed E-state index contributed by atoms with van der Waals surface area (Å²) in [6.07, 6.45) is 3.15. The Labute approximate surface area is 116 Å². The highest BCUT2D eigenvalue weighted by Crippen LogP contribution is 2.08. The molecule has 0 saturated heterocycles. The Morgan fingerprint density at radius 2 is 2.00 bits per heavy atom. The van der Waals surface area contributed by atoms with E-state index in [1.807, 2.05) is 11.8 Å². The third-order valence-electron chi connectivity index (χ3n) is 2.62. The number of nitrogens with one attached hydrogen (secondary N) is 1. The number of guanidine groups is 2. The van der Waals surface area contributed by atoms with Gasteiger partial charge in [0.25, 0.3) is 0 Å². The number of nitrogens with two attached hydrogens (primary N) is 2. The minimum Gasteiger partial charge on any atom is -0.385 e. The summed E-state index contributed by atoms with van der Waals surface area (Å²) in [5.41, 5.74) is 11.0. The molecule has 1 unspecified atom stereocenters. The summed E-state index contributed by atoms with van der Waals surface area (Å²) in [5.74, 6) is 0.0618. The third kappa shape index (κ3) is 8.14. The predicted octanol–water partition coefficient (Wildman–Crippen LogP) is 1.14. The molecular weight excluding hydrogens is 254 g/mol. The van der Waals surface area contributed by atoms with Crippen LogP contribution in [0, 0.1) is 5.41 Å². The fourth-order valence-corrected chi connectivity index (χ4v) is 1.73. The van der Waals surface area contributed by atoms with Crippen molar-refractivity contribution in [3.05, 3.63) is 0 Å². The van der Waals surface area contributed by atoms with Crippen molar-refractivity contribution in [1.29, 1.82) is 5.41 Å². The van der Waals surface area contributed by atoms with E-state index in [2.05, 4.69) is 11.9 Å². The maximum atomic E-state index is 7.09. The van der Waals surface area contributed by atoms with E-state index in [1.165, 1.54) is 0 Å². The van der Waals surface area contributed by atoms with Gasteiger partial charge in [0.1, 0.15) is 0 Å². The summed E-state index contributed by atoms with van der Waals surface area (Å²) >= 11 is 0. The zero-order valence-corrected chi connectivity index (χ0v) is 12.3. The lowest BCUT2D eigenvalue weighted by molar-refractivity contribution is 0.188. The lowest BCUT2D eigenvalue weighted by Crippen LogP contribution is -2.44. The number of nitrogens with zero attached hydrogens (tertiary/aromatic N) is 2. The molecule has 0 aromatic carbocycles. The molecule has 0 amide bonds. The van der Waals surface area contributed by atoms with Crippen LogP contribution in [0.5, 0.6) is 0 Å². The molecule has 0 fully saturated rings. The van der Waals surface area contributed by atoms with Gasteiger partial charge in [0, 0.05) is 26.3 Å². The van der Waals surface area contributed by atoms with E-state index in [4.69, 9.17) is 21.6 Å². The molecule has 7 heteroatoms. The Morgan fingerprint density at radius 1 is 1.39 bits per heavy atom. The van der Waals surface area contributed by atoms with Crippen LogP contribution in [0.2, 0.25) is 0 Å². The van der Waals surface area contributed by atoms with E-state index in [0.717, 1.165) is 32.4 Å². The molecule has 0 spiro atoms. The van der Waals surface area contributed by atoms with Crippen molar-refractivity contribution < 1.29 is 4.74 Å². The van der Waals surface area contributed by atoms with E-state index >= 15 is 0 Å². The fraction of sp³-hybridized carbons (Fsp3) is 0.818. The number of ether oxygens (including phenoxy) is 1. The van der Waals surface area contributed by atoms with Crippen LogP contribution in [0.15, 0.2) is 4.99 Å². The minimum atomic E-state index is -0.257. The van der Waals surface area contributed by atoms with Crippen LogP contribution in [0.25, 0.3) is 0 Å². The quantitative estimate of drug-likeness (QED) is 0.370. The average molecular weight is 280 g/mol. The first-order valence-electron chi connectivity index (χ1n) is 5.96. The fourth-order valence-electron chi connectivity index (χ4n) is 1.73. The number of rotatable bonds is 7. The van der Waals surface area contributed by atoms with E-state index < -0.39 is 0 Å². The van der Waals surface area contributed by atoms with E-state index in [-0.39, 0.29) is 18.4 Å². The Kier molecular flexibility index (Phi) is 11.9. The molecule has 0 saturated carbocycles. The second kappa shape index (κ2) is 11.1. The van der Waals surface area contributed by atoms with Crippen molar-refractivity contribution >= 4 is 24.3 Å². The lowest BCUT2D eigenvalue weighted by atomic mass is 10.1. The molecule has 0 heterocycles. The molecule has 0 aliphatic rings. The first-order valence-corrected chi connectivity index (χ1v) is 5.96. The largest absolute Gasteiger partial charge is 0.385 e. The van der Waals surface area contributed by atoms with Gasteiger partial charge in [0.15, 0.2) is 5.96 Å². The van der Waals surface area contributed by atoms with E-state index in [1.54, 1.807) is 7.11 Å². The molecule has 0 aliphatic heterocycles. The van der Waals surface area contributed by atoms with Gasteiger partial charge in [-0.25, -0.2) is 0 Å². The number of hydrogen-bond acceptors (Lipinski definition) is 2. The van der Waals surface area contributed by atoms with Crippen molar-refractivity contribution in [2.75, 3.05) is 20.3 Å². The molecule has 0 aromatic rings. The minimum absolute atomic E-state index is 0. The Balaban J connectivity index is 0. The SMILES string of the molecule is CCN(C(N)=NC(=N)N)C(C)CCCCOC.Cl. The number of methoxy groups -OCH3 is 1. The first kappa shape index (κ1) is 19.3. The number of hydrogen-bond donors (Lipinski definition) is 3. The molecule has 18 heavy (non-hydrogen) atoms. The van der Waals surface area contributed by atoms with Crippen molar-refractivity contribution in [3.8, 4) is 0 Å². The topological polar surface area (TPSA) is 101 Å². The van der Waals surface area contributed by atoms with Crippen LogP contribution in [-0.2, 0) is 4.74 Å². The second-order valence-electron chi connectivity index (χ2n) is 3.98. The van der Waals surface area contributed by atoms with Crippen LogP contribution in [-0.4, -0.2) is 43.1 Å². The summed E-state index contributed by atoms with van der Waals surface area (Å²) in [7, 11) is 1.71. The summed E-state index contributed by atoms with van der Waals surface area (Å²) in [5, 5.41) is 7.09. The zero-order valence-electron chi connectivity index (χ0n) is 11.5. The Morgan fingerprint density at radius 3 is 2.44 bits per heavy atom. The maximum Gasteiger partial charge on any atom is 0.215 e. The molecule has 0 radical (unpaired) electrons. The number of aliphatic imine (C=N–C) groups is 1. The Bertz CT molecular complexity index is 260. The molecule has 1 atom stereocenters. The highest BCUT2D eigenvalue weighted by Gasteiger charge is 2.14. The molecule has 6 nitrogen and oxygen atoms in total. The van der Waals surface area contributed by atoms with Crippen LogP contribution in [0.4, 0.5) is 0 Å². The Hall–Kier alpha value is -1.01. The highest BCUT2D eigenvalue weighted by molar-refractivity contribution is 5.91. The molecule has 108 valence electrons. The number of unbranched alkanes of at least 4 members (excludes halogenated alkanes) is 1. The first-order chi connectivity index (χ1) is 8.02. The summed E-state index contributed by atoms with van der Waals surface area (Å²) in [6.45, 7) is 5.65. The zero-order chi connectivity index (χ0) is 13.3. The lowest BCUT2D eigenvalue weighted by Gasteiger charge is -2.28. The van der Waals surface area contributed by atoms with Gasteiger partial charge in [-0.1, -0.05) is 0 Å². The second-order valence-corrected chi connectivity index (χ2v) is 3.98. The monoisotopic (exact) mass is 279 g/mol. The molecular formula is C11H26ClN5O. The standard InChI is InChI=1S/C11H25N5O.ClH/c1-4-16(11(14)15-10(12)13)9(2)7-5-6-8-17-3;/h9H,4-8H2,1-3H3,(H5,12,13,14,15);1H. The molecule has 0 bridgehead atoms. The van der Waals surface area contributed by atoms with Gasteiger partial charge in [0.2, 0.25) is 5.96 Å². The molecule has 0 aliphatic carbocycles. The van der Waals surface area contributed by atoms with Crippen molar-refractivity contribution in [3.63, 3.8) is 0 Å².